The second-order valence-corrected chi connectivity index (χ2v) is 6.13. The average Bonchev–Trinajstić information content (AvgIpc) is 2.78. The van der Waals surface area contributed by atoms with Crippen molar-refractivity contribution in [2.75, 3.05) is 6.54 Å². The largest absolute Gasteiger partial charge is 0.481 e. The van der Waals surface area contributed by atoms with Crippen LogP contribution in [0, 0.1) is 11.8 Å². The van der Waals surface area contributed by atoms with E-state index in [-0.39, 0.29) is 12.0 Å². The van der Waals surface area contributed by atoms with Crippen molar-refractivity contribution in [1.29, 1.82) is 0 Å². The topological polar surface area (TPSA) is 71.2 Å². The fraction of sp³-hybridized carbons (Fsp3) is 0.786. The van der Waals surface area contributed by atoms with Crippen molar-refractivity contribution < 1.29 is 9.90 Å². The molecule has 1 fully saturated rings. The van der Waals surface area contributed by atoms with Gasteiger partial charge in [0.25, 0.3) is 0 Å². The third-order valence-corrected chi connectivity index (χ3v) is 3.94. The molecular weight excluding hydrogens is 256 g/mol. The third kappa shape index (κ3) is 3.56. The van der Waals surface area contributed by atoms with Crippen molar-refractivity contribution >= 4 is 5.97 Å². The second-order valence-electron chi connectivity index (χ2n) is 6.13. The van der Waals surface area contributed by atoms with Gasteiger partial charge in [-0.25, -0.2) is 9.67 Å². The first-order valence-corrected chi connectivity index (χ1v) is 7.31. The zero-order valence-electron chi connectivity index (χ0n) is 12.5. The molecule has 6 heteroatoms. The van der Waals surface area contributed by atoms with E-state index in [0.717, 1.165) is 31.9 Å². The predicted molar refractivity (Wildman–Crippen MR) is 75.1 cm³/mol. The molecule has 1 saturated heterocycles. The number of aliphatic carboxylic acids is 1. The van der Waals surface area contributed by atoms with Crippen LogP contribution in [0.5, 0.6) is 0 Å². The fourth-order valence-corrected chi connectivity index (χ4v) is 2.77. The Kier molecular flexibility index (Phi) is 4.75. The summed E-state index contributed by atoms with van der Waals surface area (Å²) in [6.45, 7) is 8.85. The summed E-state index contributed by atoms with van der Waals surface area (Å²) in [7, 11) is 0. The predicted octanol–water partition coefficient (Wildman–Crippen LogP) is 1.62. The summed E-state index contributed by atoms with van der Waals surface area (Å²) < 4.78 is 1.96. The van der Waals surface area contributed by atoms with Gasteiger partial charge in [-0.1, -0.05) is 13.8 Å². The highest BCUT2D eigenvalue weighted by atomic mass is 16.4. The van der Waals surface area contributed by atoms with Crippen molar-refractivity contribution in [2.24, 2.45) is 11.8 Å². The van der Waals surface area contributed by atoms with Crippen LogP contribution >= 0.6 is 0 Å². The van der Waals surface area contributed by atoms with E-state index in [1.165, 1.54) is 0 Å². The van der Waals surface area contributed by atoms with Crippen molar-refractivity contribution in [3.05, 3.63) is 12.2 Å². The maximum Gasteiger partial charge on any atom is 0.306 e. The third-order valence-electron chi connectivity index (χ3n) is 3.94. The molecule has 0 radical (unpaired) electrons. The van der Waals surface area contributed by atoms with E-state index >= 15 is 0 Å². The molecule has 112 valence electrons. The summed E-state index contributed by atoms with van der Waals surface area (Å²) in [6.07, 6.45) is 3.04. The van der Waals surface area contributed by atoms with E-state index in [0.29, 0.717) is 12.3 Å². The molecule has 1 aromatic rings. The molecule has 0 aliphatic carbocycles. The van der Waals surface area contributed by atoms with Crippen LogP contribution in [-0.2, 0) is 17.9 Å². The number of carboxylic acid groups (broad SMARTS) is 1. The number of likely N-dealkylation sites (tertiary alicyclic amines) is 1. The Morgan fingerprint density at radius 2 is 2.30 bits per heavy atom. The zero-order valence-corrected chi connectivity index (χ0v) is 12.5. The molecule has 0 spiro atoms. The van der Waals surface area contributed by atoms with Gasteiger partial charge >= 0.3 is 5.97 Å². The quantitative estimate of drug-likeness (QED) is 0.887. The lowest BCUT2D eigenvalue weighted by molar-refractivity contribution is -0.144. The molecule has 1 aliphatic heterocycles. The Labute approximate surface area is 119 Å². The normalized spacial score (nSPS) is 24.2. The first kappa shape index (κ1) is 15.0. The molecule has 0 aromatic carbocycles. The van der Waals surface area contributed by atoms with E-state index in [2.05, 4.69) is 35.8 Å². The molecule has 2 heterocycles. The molecular formula is C14H24N4O2. The van der Waals surface area contributed by atoms with Crippen molar-refractivity contribution in [3.63, 3.8) is 0 Å². The SMILES string of the molecule is CC(C)Cn1ncnc1CN1CCC(C(=O)O)CC1C. The van der Waals surface area contributed by atoms with Gasteiger partial charge in [0, 0.05) is 12.6 Å². The van der Waals surface area contributed by atoms with Gasteiger partial charge in [0.1, 0.15) is 12.2 Å². The summed E-state index contributed by atoms with van der Waals surface area (Å²) in [5.74, 6) is 0.638. The van der Waals surface area contributed by atoms with Gasteiger partial charge in [-0.05, 0) is 32.2 Å². The molecule has 1 aromatic heterocycles. The molecule has 0 bridgehead atoms. The summed E-state index contributed by atoms with van der Waals surface area (Å²) in [6, 6.07) is 0.272. The van der Waals surface area contributed by atoms with Crippen LogP contribution in [0.25, 0.3) is 0 Å². The maximum atomic E-state index is 11.1. The van der Waals surface area contributed by atoms with Gasteiger partial charge in [0.05, 0.1) is 12.5 Å². The molecule has 0 saturated carbocycles. The van der Waals surface area contributed by atoms with Gasteiger partial charge in [-0.15, -0.1) is 0 Å². The van der Waals surface area contributed by atoms with Crippen LogP contribution < -0.4 is 0 Å². The van der Waals surface area contributed by atoms with Crippen molar-refractivity contribution in [3.8, 4) is 0 Å². The molecule has 20 heavy (non-hydrogen) atoms. The molecule has 6 nitrogen and oxygen atoms in total. The highest BCUT2D eigenvalue weighted by molar-refractivity contribution is 5.70. The lowest BCUT2D eigenvalue weighted by atomic mass is 9.92. The van der Waals surface area contributed by atoms with Crippen LogP contribution in [0.2, 0.25) is 0 Å². The molecule has 2 unspecified atom stereocenters. The smallest absolute Gasteiger partial charge is 0.306 e. The van der Waals surface area contributed by atoms with Gasteiger partial charge in [-0.2, -0.15) is 5.10 Å². The molecule has 2 rings (SSSR count). The Hall–Kier alpha value is -1.43. The number of aromatic nitrogens is 3. The summed E-state index contributed by atoms with van der Waals surface area (Å²) >= 11 is 0. The molecule has 1 N–H and O–H groups in total. The van der Waals surface area contributed by atoms with E-state index < -0.39 is 5.97 Å². The van der Waals surface area contributed by atoms with Gasteiger partial charge in [-0.3, -0.25) is 9.69 Å². The lowest BCUT2D eigenvalue weighted by Gasteiger charge is -2.35. The Bertz CT molecular complexity index is 458. The second kappa shape index (κ2) is 6.35. The zero-order chi connectivity index (χ0) is 14.7. The number of hydrogen-bond donors (Lipinski definition) is 1. The fourth-order valence-electron chi connectivity index (χ4n) is 2.77. The van der Waals surface area contributed by atoms with Gasteiger partial charge in [0.15, 0.2) is 0 Å². The van der Waals surface area contributed by atoms with Crippen LogP contribution in [0.4, 0.5) is 0 Å². The van der Waals surface area contributed by atoms with Crippen molar-refractivity contribution in [2.45, 2.75) is 52.7 Å². The summed E-state index contributed by atoms with van der Waals surface area (Å²) in [4.78, 5) is 17.7. The van der Waals surface area contributed by atoms with Crippen molar-refractivity contribution in [1.82, 2.24) is 19.7 Å². The number of carboxylic acids is 1. The minimum atomic E-state index is -0.667. The van der Waals surface area contributed by atoms with E-state index in [1.54, 1.807) is 6.33 Å². The molecule has 2 atom stereocenters. The van der Waals surface area contributed by atoms with Crippen LogP contribution in [0.1, 0.15) is 39.4 Å². The number of piperidine rings is 1. The number of nitrogens with zero attached hydrogens (tertiary/aromatic N) is 4. The van der Waals surface area contributed by atoms with Crippen LogP contribution in [-0.4, -0.2) is 43.3 Å². The summed E-state index contributed by atoms with van der Waals surface area (Å²) in [5, 5.41) is 13.4. The Morgan fingerprint density at radius 1 is 1.55 bits per heavy atom. The van der Waals surface area contributed by atoms with Gasteiger partial charge < -0.3 is 5.11 Å². The van der Waals surface area contributed by atoms with Crippen LogP contribution in [0.3, 0.4) is 0 Å². The minimum Gasteiger partial charge on any atom is -0.481 e. The Balaban J connectivity index is 1.97. The number of rotatable bonds is 5. The Morgan fingerprint density at radius 3 is 2.90 bits per heavy atom. The first-order valence-electron chi connectivity index (χ1n) is 7.31. The lowest BCUT2D eigenvalue weighted by Crippen LogP contribution is -2.42. The van der Waals surface area contributed by atoms with E-state index in [1.807, 2.05) is 4.68 Å². The average molecular weight is 280 g/mol. The molecule has 0 amide bonds. The minimum absolute atomic E-state index is 0.199. The van der Waals surface area contributed by atoms with Gasteiger partial charge in [0.2, 0.25) is 0 Å². The standard InChI is InChI=1S/C14H24N4O2/c1-10(2)7-18-13(15-9-16-18)8-17-5-4-12(14(19)20)6-11(17)3/h9-12H,4-8H2,1-3H3,(H,19,20). The highest BCUT2D eigenvalue weighted by Gasteiger charge is 2.30. The number of hydrogen-bond acceptors (Lipinski definition) is 4. The highest BCUT2D eigenvalue weighted by Crippen LogP contribution is 2.24. The van der Waals surface area contributed by atoms with Crippen LogP contribution in [0.15, 0.2) is 6.33 Å². The van der Waals surface area contributed by atoms with E-state index in [4.69, 9.17) is 5.11 Å². The van der Waals surface area contributed by atoms with E-state index in [9.17, 15) is 4.79 Å². The maximum absolute atomic E-state index is 11.1. The monoisotopic (exact) mass is 280 g/mol. The first-order chi connectivity index (χ1) is 9.47. The summed E-state index contributed by atoms with van der Waals surface area (Å²) in [5.41, 5.74) is 0. The number of carbonyl (C=O) groups is 1. The molecule has 1 aliphatic rings.